The molecule has 1 aromatic heterocycles. The van der Waals surface area contributed by atoms with Crippen molar-refractivity contribution in [3.05, 3.63) is 82.4 Å². The van der Waals surface area contributed by atoms with Crippen LogP contribution >= 0.6 is 11.6 Å². The van der Waals surface area contributed by atoms with E-state index in [1.54, 1.807) is 12.1 Å². The molecule has 3 aromatic carbocycles. The van der Waals surface area contributed by atoms with Crippen molar-refractivity contribution in [3.63, 3.8) is 0 Å². The van der Waals surface area contributed by atoms with Crippen LogP contribution in [0, 0.1) is 5.41 Å². The van der Waals surface area contributed by atoms with E-state index in [1.807, 2.05) is 36.4 Å². The Kier molecular flexibility index (Phi) is 7.60. The summed E-state index contributed by atoms with van der Waals surface area (Å²) in [6, 6.07) is 19.0. The van der Waals surface area contributed by atoms with E-state index < -0.39 is 5.97 Å². The van der Waals surface area contributed by atoms with Gasteiger partial charge in [-0.25, -0.2) is 4.79 Å². The quantitative estimate of drug-likeness (QED) is 0.213. The Morgan fingerprint density at radius 1 is 1.07 bits per heavy atom. The van der Waals surface area contributed by atoms with Gasteiger partial charge in [0.2, 0.25) is 0 Å². The van der Waals surface area contributed by atoms with Crippen molar-refractivity contribution in [2.24, 2.45) is 5.41 Å². The third-order valence-electron chi connectivity index (χ3n) is 8.52. The molecule has 2 heterocycles. The zero-order chi connectivity index (χ0) is 29.4. The molecule has 42 heavy (non-hydrogen) atoms. The molecule has 4 aromatic rings. The van der Waals surface area contributed by atoms with Gasteiger partial charge in [0.15, 0.2) is 5.82 Å². The fourth-order valence-corrected chi connectivity index (χ4v) is 6.26. The number of aromatic nitrogens is 2. The van der Waals surface area contributed by atoms with Crippen molar-refractivity contribution >= 4 is 45.6 Å². The van der Waals surface area contributed by atoms with E-state index in [4.69, 9.17) is 22.1 Å². The molecule has 0 bridgehead atoms. The van der Waals surface area contributed by atoms with Crippen molar-refractivity contribution in [1.29, 1.82) is 0 Å². The highest BCUT2D eigenvalue weighted by atomic mass is 35.5. The lowest BCUT2D eigenvalue weighted by molar-refractivity contribution is 0.0694. The molecule has 1 aliphatic heterocycles. The van der Waals surface area contributed by atoms with E-state index in [2.05, 4.69) is 46.0 Å². The minimum Gasteiger partial charge on any atom is -0.478 e. The predicted molar refractivity (Wildman–Crippen MR) is 169 cm³/mol. The maximum absolute atomic E-state index is 12.0. The summed E-state index contributed by atoms with van der Waals surface area (Å²) in [5, 5.41) is 18.2. The summed E-state index contributed by atoms with van der Waals surface area (Å²) < 4.78 is 6.18. The van der Waals surface area contributed by atoms with E-state index in [0.29, 0.717) is 17.0 Å². The van der Waals surface area contributed by atoms with Gasteiger partial charge in [0.1, 0.15) is 17.1 Å². The molecule has 2 aliphatic rings. The number of fused-ring (bicyclic) bond motifs is 1. The van der Waals surface area contributed by atoms with Crippen LogP contribution in [0.1, 0.15) is 49.0 Å². The Hall–Kier alpha value is -4.01. The van der Waals surface area contributed by atoms with Crippen LogP contribution in [-0.4, -0.2) is 58.9 Å². The van der Waals surface area contributed by atoms with Gasteiger partial charge in [-0.3, -0.25) is 10.00 Å². The summed E-state index contributed by atoms with van der Waals surface area (Å²) in [7, 11) is 0. The van der Waals surface area contributed by atoms with Gasteiger partial charge in [0.25, 0.3) is 0 Å². The Balaban J connectivity index is 1.19. The summed E-state index contributed by atoms with van der Waals surface area (Å²) in [5.74, 6) is -0.00323. The average molecular weight is 586 g/mol. The second-order valence-electron chi connectivity index (χ2n) is 12.1. The van der Waals surface area contributed by atoms with Crippen LogP contribution in [0.25, 0.3) is 16.5 Å². The van der Waals surface area contributed by atoms with Gasteiger partial charge in [-0.2, -0.15) is 5.10 Å². The third-order valence-corrected chi connectivity index (χ3v) is 8.78. The first-order chi connectivity index (χ1) is 20.2. The van der Waals surface area contributed by atoms with Crippen LogP contribution in [0.3, 0.4) is 0 Å². The van der Waals surface area contributed by atoms with Crippen molar-refractivity contribution in [2.45, 2.75) is 33.1 Å². The number of piperazine rings is 1. The molecule has 1 aliphatic carbocycles. The summed E-state index contributed by atoms with van der Waals surface area (Å²) in [6.45, 7) is 9.19. The molecular weight excluding hydrogens is 550 g/mol. The molecule has 0 spiro atoms. The van der Waals surface area contributed by atoms with E-state index in [1.165, 1.54) is 23.1 Å². The lowest BCUT2D eigenvalue weighted by atomic mass is 9.72. The number of H-pyrrole nitrogens is 1. The smallest absolute Gasteiger partial charge is 0.339 e. The van der Waals surface area contributed by atoms with Gasteiger partial charge >= 0.3 is 5.97 Å². The Labute approximate surface area is 250 Å². The first-order valence-corrected chi connectivity index (χ1v) is 14.8. The number of carboxylic acid groups (broad SMARTS) is 1. The van der Waals surface area contributed by atoms with Gasteiger partial charge in [0, 0.05) is 49.5 Å². The standard InChI is InChI=1S/C33H36ClN5O3/c1-33(2)13-12-22(26(19-33)21-6-8-23(34)9-7-21)20-38-14-16-39(17-15-38)24-10-11-25(32(40)41)29(18-24)42-28-5-3-4-27-30(28)31(35)37-36-27/h3-11,18H,12-17,19-20H2,1-2H3,(H,40,41)(H3,35,36,37). The second kappa shape index (κ2) is 11.3. The zero-order valence-corrected chi connectivity index (χ0v) is 24.7. The number of hydrogen-bond acceptors (Lipinski definition) is 6. The van der Waals surface area contributed by atoms with E-state index >= 15 is 0 Å². The number of benzene rings is 3. The summed E-state index contributed by atoms with van der Waals surface area (Å²) in [4.78, 5) is 16.9. The minimum atomic E-state index is -1.05. The molecule has 1 fully saturated rings. The number of aromatic carboxylic acids is 1. The Bertz CT molecular complexity index is 1650. The van der Waals surface area contributed by atoms with Gasteiger partial charge in [0.05, 0.1) is 10.9 Å². The highest BCUT2D eigenvalue weighted by molar-refractivity contribution is 6.30. The molecule has 0 saturated carbocycles. The number of nitrogens with zero attached hydrogens (tertiary/aromatic N) is 3. The first-order valence-electron chi connectivity index (χ1n) is 14.4. The number of ether oxygens (including phenoxy) is 1. The maximum atomic E-state index is 12.0. The number of hydrogen-bond donors (Lipinski definition) is 3. The number of carboxylic acids is 1. The molecule has 4 N–H and O–H groups in total. The molecule has 0 radical (unpaired) electrons. The number of rotatable bonds is 7. The number of allylic oxidation sites excluding steroid dienone is 1. The molecule has 0 unspecified atom stereocenters. The van der Waals surface area contributed by atoms with Crippen molar-refractivity contribution < 1.29 is 14.6 Å². The highest BCUT2D eigenvalue weighted by Gasteiger charge is 2.29. The predicted octanol–water partition coefficient (Wildman–Crippen LogP) is 7.07. The van der Waals surface area contributed by atoms with E-state index in [9.17, 15) is 9.90 Å². The van der Waals surface area contributed by atoms with Crippen LogP contribution < -0.4 is 15.4 Å². The summed E-state index contributed by atoms with van der Waals surface area (Å²) in [5.41, 5.74) is 12.4. The molecule has 6 rings (SSSR count). The number of nitrogens with two attached hydrogens (primary N) is 1. The van der Waals surface area contributed by atoms with Crippen molar-refractivity contribution in [3.8, 4) is 11.5 Å². The Morgan fingerprint density at radius 2 is 1.83 bits per heavy atom. The van der Waals surface area contributed by atoms with Crippen LogP contribution in [0.5, 0.6) is 11.5 Å². The fourth-order valence-electron chi connectivity index (χ4n) is 6.14. The van der Waals surface area contributed by atoms with Crippen LogP contribution in [0.15, 0.2) is 66.2 Å². The van der Waals surface area contributed by atoms with Crippen molar-refractivity contribution in [1.82, 2.24) is 15.1 Å². The largest absolute Gasteiger partial charge is 0.478 e. The molecular formula is C33H36ClN5O3. The zero-order valence-electron chi connectivity index (χ0n) is 24.0. The topological polar surface area (TPSA) is 108 Å². The Morgan fingerprint density at radius 3 is 2.57 bits per heavy atom. The summed E-state index contributed by atoms with van der Waals surface area (Å²) >= 11 is 6.19. The monoisotopic (exact) mass is 585 g/mol. The van der Waals surface area contributed by atoms with Gasteiger partial charge in [-0.15, -0.1) is 0 Å². The van der Waals surface area contributed by atoms with Crippen LogP contribution in [0.2, 0.25) is 5.02 Å². The molecule has 218 valence electrons. The fraction of sp³-hybridized carbons (Fsp3) is 0.333. The molecule has 9 heteroatoms. The minimum absolute atomic E-state index is 0.0957. The SMILES string of the molecule is CC1(C)CCC(CN2CCN(c3ccc(C(=O)O)c(Oc4cccc5[nH]nc(N)c45)c3)CC2)=C(c2ccc(Cl)cc2)C1. The number of halogens is 1. The van der Waals surface area contributed by atoms with Gasteiger partial charge in [-0.05, 0) is 72.2 Å². The lowest BCUT2D eigenvalue weighted by Crippen LogP contribution is -2.47. The number of nitrogen functional groups attached to an aromatic ring is 1. The van der Waals surface area contributed by atoms with E-state index in [0.717, 1.165) is 61.8 Å². The maximum Gasteiger partial charge on any atom is 0.339 e. The highest BCUT2D eigenvalue weighted by Crippen LogP contribution is 2.43. The third kappa shape index (κ3) is 5.82. The number of nitrogens with one attached hydrogen (secondary N) is 1. The summed E-state index contributed by atoms with van der Waals surface area (Å²) in [6.07, 6.45) is 3.37. The van der Waals surface area contributed by atoms with Gasteiger partial charge in [-0.1, -0.05) is 49.2 Å². The lowest BCUT2D eigenvalue weighted by Gasteiger charge is -2.39. The number of aromatic amines is 1. The second-order valence-corrected chi connectivity index (χ2v) is 12.5. The van der Waals surface area contributed by atoms with Crippen LogP contribution in [-0.2, 0) is 0 Å². The van der Waals surface area contributed by atoms with Gasteiger partial charge < -0.3 is 20.5 Å². The molecule has 0 atom stereocenters. The van der Waals surface area contributed by atoms with Crippen LogP contribution in [0.4, 0.5) is 11.5 Å². The number of anilines is 2. The molecule has 0 amide bonds. The normalized spacial score (nSPS) is 17.5. The average Bonchev–Trinajstić information content (AvgIpc) is 3.36. The van der Waals surface area contributed by atoms with Crippen molar-refractivity contribution in [2.75, 3.05) is 43.4 Å². The molecule has 8 nitrogen and oxygen atoms in total. The number of carbonyl (C=O) groups is 1. The van der Waals surface area contributed by atoms with E-state index in [-0.39, 0.29) is 16.7 Å². The first kappa shape index (κ1) is 28.1. The molecule has 1 saturated heterocycles.